The summed E-state index contributed by atoms with van der Waals surface area (Å²) in [6.45, 7) is 0. The largest absolute Gasteiger partial charge is 0.503 e. The highest BCUT2D eigenvalue weighted by Gasteiger charge is 2.32. The predicted molar refractivity (Wildman–Crippen MR) is 93.8 cm³/mol. The molecule has 0 heterocycles. The van der Waals surface area contributed by atoms with Gasteiger partial charge in [-0.3, -0.25) is 0 Å². The van der Waals surface area contributed by atoms with E-state index in [1.807, 2.05) is 0 Å². The predicted octanol–water partition coefficient (Wildman–Crippen LogP) is 5.04. The van der Waals surface area contributed by atoms with Crippen molar-refractivity contribution in [1.82, 2.24) is 0 Å². The Balaban J connectivity index is 2.48. The lowest BCUT2D eigenvalue weighted by Crippen LogP contribution is -2.07. The van der Waals surface area contributed by atoms with Gasteiger partial charge in [-0.2, -0.15) is 13.2 Å². The molecule has 0 spiro atoms. The molecule has 0 radical (unpaired) electrons. The van der Waals surface area contributed by atoms with Crippen LogP contribution in [0.1, 0.15) is 22.3 Å². The van der Waals surface area contributed by atoms with Gasteiger partial charge in [0.1, 0.15) is 5.57 Å². The molecule has 26 heavy (non-hydrogen) atoms. The molecule has 0 N–H and O–H groups in total. The lowest BCUT2D eigenvalue weighted by Gasteiger charge is -2.11. The molecule has 0 aliphatic heterocycles. The molecule has 2 rings (SSSR count). The Morgan fingerprint density at radius 1 is 0.923 bits per heavy atom. The monoisotopic (exact) mass is 362 g/mol. The molecule has 0 saturated heterocycles. The van der Waals surface area contributed by atoms with E-state index in [0.29, 0.717) is 11.1 Å². The van der Waals surface area contributed by atoms with Gasteiger partial charge in [-0.1, -0.05) is 54.6 Å². The molecule has 0 aliphatic rings. The van der Waals surface area contributed by atoms with Crippen molar-refractivity contribution in [2.45, 2.75) is 6.18 Å². The van der Waals surface area contributed by atoms with E-state index >= 15 is 0 Å². The molecule has 6 heteroatoms. The molecular weight excluding hydrogens is 345 g/mol. The summed E-state index contributed by atoms with van der Waals surface area (Å²) in [6, 6.07) is 12.1. The average molecular weight is 362 g/mol. The number of halogens is 3. The number of rotatable bonds is 5. The van der Waals surface area contributed by atoms with Gasteiger partial charge in [0.05, 0.1) is 26.0 Å². The molecule has 136 valence electrons. The van der Waals surface area contributed by atoms with Gasteiger partial charge in [0.2, 0.25) is 0 Å². The third-order valence-corrected chi connectivity index (χ3v) is 3.60. The molecular formula is C20H17F3O3. The zero-order chi connectivity index (χ0) is 19.2. The number of ether oxygens (including phenoxy) is 2. The average Bonchev–Trinajstić information content (AvgIpc) is 2.63. The summed E-state index contributed by atoms with van der Waals surface area (Å²) in [5.74, 6) is -0.608. The summed E-state index contributed by atoms with van der Waals surface area (Å²) in [7, 11) is 2.63. The second-order valence-corrected chi connectivity index (χ2v) is 5.26. The quantitative estimate of drug-likeness (QED) is 0.324. The van der Waals surface area contributed by atoms with Crippen LogP contribution in [0.25, 0.3) is 17.7 Å². The number of benzene rings is 2. The summed E-state index contributed by atoms with van der Waals surface area (Å²) >= 11 is 0. The van der Waals surface area contributed by atoms with Crippen LogP contribution in [0.15, 0.2) is 54.8 Å². The van der Waals surface area contributed by atoms with Crippen LogP contribution in [0.3, 0.4) is 0 Å². The Morgan fingerprint density at radius 2 is 1.50 bits per heavy atom. The van der Waals surface area contributed by atoms with Gasteiger partial charge in [0.25, 0.3) is 0 Å². The molecule has 3 nitrogen and oxygen atoms in total. The first kappa shape index (κ1) is 19.3. The van der Waals surface area contributed by atoms with Crippen molar-refractivity contribution in [3.05, 3.63) is 77.0 Å². The molecule has 2 aromatic rings. The highest BCUT2D eigenvalue weighted by molar-refractivity contribution is 6.17. The minimum atomic E-state index is -4.45. The normalized spacial score (nSPS) is 12.3. The molecule has 0 amide bonds. The number of methoxy groups -OCH3 is 2. The maximum absolute atomic E-state index is 13.1. The summed E-state index contributed by atoms with van der Waals surface area (Å²) in [6.07, 6.45) is -0.328. The SMILES string of the molecule is CO/C=C(/C(=O)OC)c1ccccc1/C=C/c1ccccc1C(F)(F)F. The van der Waals surface area contributed by atoms with E-state index in [0.717, 1.165) is 6.07 Å². The van der Waals surface area contributed by atoms with Crippen LogP contribution >= 0.6 is 0 Å². The van der Waals surface area contributed by atoms with E-state index in [1.165, 1.54) is 50.8 Å². The van der Waals surface area contributed by atoms with Crippen molar-refractivity contribution in [2.24, 2.45) is 0 Å². The van der Waals surface area contributed by atoms with Crippen LogP contribution in [0.4, 0.5) is 13.2 Å². The van der Waals surface area contributed by atoms with Crippen LogP contribution in [-0.2, 0) is 20.4 Å². The van der Waals surface area contributed by atoms with Crippen LogP contribution in [0.2, 0.25) is 0 Å². The molecule has 0 aliphatic carbocycles. The van der Waals surface area contributed by atoms with Crippen molar-refractivity contribution in [3.8, 4) is 0 Å². The van der Waals surface area contributed by atoms with Crippen LogP contribution in [0, 0.1) is 0 Å². The first-order chi connectivity index (χ1) is 12.4. The number of carbonyl (C=O) groups is 1. The molecule has 0 aromatic heterocycles. The zero-order valence-corrected chi connectivity index (χ0v) is 14.2. The number of hydrogen-bond acceptors (Lipinski definition) is 3. The van der Waals surface area contributed by atoms with Crippen molar-refractivity contribution in [2.75, 3.05) is 14.2 Å². The fourth-order valence-electron chi connectivity index (χ4n) is 2.42. The highest BCUT2D eigenvalue weighted by Crippen LogP contribution is 2.33. The zero-order valence-electron chi connectivity index (χ0n) is 14.2. The number of alkyl halides is 3. The Bertz CT molecular complexity index is 836. The third-order valence-electron chi connectivity index (χ3n) is 3.60. The van der Waals surface area contributed by atoms with Gasteiger partial charge < -0.3 is 9.47 Å². The maximum atomic E-state index is 13.1. The van der Waals surface area contributed by atoms with Gasteiger partial charge in [-0.25, -0.2) is 4.79 Å². The first-order valence-electron chi connectivity index (χ1n) is 7.63. The lowest BCUT2D eigenvalue weighted by atomic mass is 9.98. The van der Waals surface area contributed by atoms with Crippen molar-refractivity contribution >= 4 is 23.7 Å². The van der Waals surface area contributed by atoms with Crippen molar-refractivity contribution in [1.29, 1.82) is 0 Å². The van der Waals surface area contributed by atoms with Crippen LogP contribution in [0.5, 0.6) is 0 Å². The third kappa shape index (κ3) is 4.53. The van der Waals surface area contributed by atoms with Gasteiger partial charge in [-0.15, -0.1) is 0 Å². The van der Waals surface area contributed by atoms with Crippen LogP contribution < -0.4 is 0 Å². The van der Waals surface area contributed by atoms with Gasteiger partial charge >= 0.3 is 12.1 Å². The minimum absolute atomic E-state index is 0.0325. The smallest absolute Gasteiger partial charge is 0.416 e. The number of carbonyl (C=O) groups excluding carboxylic acids is 1. The standard InChI is InChI=1S/C20H17F3O3/c1-25-13-17(19(24)26-2)16-9-5-3-7-14(16)11-12-15-8-4-6-10-18(15)20(21,22)23/h3-13H,1-2H3/b12-11+,17-13+. The van der Waals surface area contributed by atoms with Gasteiger partial charge in [0, 0.05) is 0 Å². The van der Waals surface area contributed by atoms with E-state index in [4.69, 9.17) is 9.47 Å². The summed E-state index contributed by atoms with van der Waals surface area (Å²) in [5, 5.41) is 0. The van der Waals surface area contributed by atoms with E-state index in [9.17, 15) is 18.0 Å². The molecule has 0 fully saturated rings. The molecule has 0 atom stereocenters. The maximum Gasteiger partial charge on any atom is 0.416 e. The highest BCUT2D eigenvalue weighted by atomic mass is 19.4. The minimum Gasteiger partial charge on any atom is -0.503 e. The van der Waals surface area contributed by atoms with E-state index < -0.39 is 17.7 Å². The topological polar surface area (TPSA) is 35.5 Å². The van der Waals surface area contributed by atoms with E-state index in [-0.39, 0.29) is 11.1 Å². The molecule has 0 bridgehead atoms. The Labute approximate surface area is 149 Å². The molecule has 2 aromatic carbocycles. The van der Waals surface area contributed by atoms with Crippen molar-refractivity contribution < 1.29 is 27.4 Å². The number of esters is 1. The number of hydrogen-bond donors (Lipinski definition) is 0. The summed E-state index contributed by atoms with van der Waals surface area (Å²) < 4.78 is 49.0. The Morgan fingerprint density at radius 3 is 2.12 bits per heavy atom. The fraction of sp³-hybridized carbons (Fsp3) is 0.150. The Hall–Kier alpha value is -3.02. The first-order valence-corrected chi connectivity index (χ1v) is 7.63. The van der Waals surface area contributed by atoms with Gasteiger partial charge in [-0.05, 0) is 22.8 Å². The second-order valence-electron chi connectivity index (χ2n) is 5.26. The van der Waals surface area contributed by atoms with E-state index in [2.05, 4.69) is 0 Å². The lowest BCUT2D eigenvalue weighted by molar-refractivity contribution is -0.137. The summed E-state index contributed by atoms with van der Waals surface area (Å²) in [4.78, 5) is 12.0. The second kappa shape index (κ2) is 8.38. The fourth-order valence-corrected chi connectivity index (χ4v) is 2.42. The summed E-state index contributed by atoms with van der Waals surface area (Å²) in [5.41, 5.74) is 0.513. The Kier molecular flexibility index (Phi) is 6.22. The van der Waals surface area contributed by atoms with Gasteiger partial charge in [0.15, 0.2) is 0 Å². The van der Waals surface area contributed by atoms with Crippen LogP contribution in [-0.4, -0.2) is 20.2 Å². The molecule has 0 unspecified atom stereocenters. The van der Waals surface area contributed by atoms with Crippen molar-refractivity contribution in [3.63, 3.8) is 0 Å². The molecule has 0 saturated carbocycles. The van der Waals surface area contributed by atoms with E-state index in [1.54, 1.807) is 24.3 Å².